The molecular formula is C63H128NO7P. The Balaban J connectivity index is 3.71. The Morgan fingerprint density at radius 1 is 0.361 bits per heavy atom. The van der Waals surface area contributed by atoms with Gasteiger partial charge in [-0.25, -0.2) is 4.57 Å². The van der Waals surface area contributed by atoms with Gasteiger partial charge >= 0.3 is 13.8 Å². The Kier molecular flexibility index (Phi) is 60.9. The summed E-state index contributed by atoms with van der Waals surface area (Å²) in [6.45, 7) is 5.03. The minimum Gasteiger partial charge on any atom is -0.457 e. The molecule has 9 heteroatoms. The van der Waals surface area contributed by atoms with Crippen LogP contribution >= 0.6 is 7.82 Å². The summed E-state index contributed by atoms with van der Waals surface area (Å²) in [5, 5.41) is 0. The SMILES string of the molecule is CCCCCCCCCCCCCCCCCCCCCCCCCCCCCCCCCCCC(=O)O[C@H](COCCCCCCCCCCCCCCCCCCCCCC)COP(=O)(O)OCCN. The first-order valence-electron chi connectivity index (χ1n) is 32.5. The molecular weight excluding hydrogens is 914 g/mol. The Morgan fingerprint density at radius 3 is 0.875 bits per heavy atom. The molecule has 0 saturated heterocycles. The second kappa shape index (κ2) is 61.4. The lowest BCUT2D eigenvalue weighted by Crippen LogP contribution is -2.28. The van der Waals surface area contributed by atoms with E-state index in [1.54, 1.807) is 0 Å². The van der Waals surface area contributed by atoms with Gasteiger partial charge in [-0.2, -0.15) is 0 Å². The summed E-state index contributed by atoms with van der Waals surface area (Å²) >= 11 is 0. The maximum absolute atomic E-state index is 12.7. The molecule has 0 aromatic heterocycles. The number of nitrogens with two attached hydrogens (primary N) is 1. The summed E-state index contributed by atoms with van der Waals surface area (Å²) in [4.78, 5) is 22.7. The number of ether oxygens (including phenoxy) is 2. The molecule has 0 amide bonds. The summed E-state index contributed by atoms with van der Waals surface area (Å²) in [7, 11) is -4.28. The molecule has 8 nitrogen and oxygen atoms in total. The number of phosphoric ester groups is 1. The van der Waals surface area contributed by atoms with Gasteiger partial charge in [0.15, 0.2) is 0 Å². The molecule has 3 N–H and O–H groups in total. The molecule has 0 spiro atoms. The second-order valence-corrected chi connectivity index (χ2v) is 23.8. The lowest BCUT2D eigenvalue weighted by atomic mass is 10.0. The van der Waals surface area contributed by atoms with Crippen LogP contribution in [0.5, 0.6) is 0 Å². The molecule has 0 rings (SSSR count). The third kappa shape index (κ3) is 60.4. The fourth-order valence-electron chi connectivity index (χ4n) is 10.2. The van der Waals surface area contributed by atoms with E-state index in [-0.39, 0.29) is 32.3 Å². The summed E-state index contributed by atoms with van der Waals surface area (Å²) in [6.07, 6.45) is 72.0. The number of unbranched alkanes of at least 4 members (excludes halogenated alkanes) is 51. The minimum absolute atomic E-state index is 0.0894. The van der Waals surface area contributed by atoms with Crippen molar-refractivity contribution >= 4 is 13.8 Å². The molecule has 1 unspecified atom stereocenters. The van der Waals surface area contributed by atoms with E-state index >= 15 is 0 Å². The average Bonchev–Trinajstić information content (AvgIpc) is 3.37. The molecule has 0 bridgehead atoms. The van der Waals surface area contributed by atoms with Gasteiger partial charge in [0.05, 0.1) is 19.8 Å². The topological polar surface area (TPSA) is 117 Å². The van der Waals surface area contributed by atoms with Gasteiger partial charge in [-0.05, 0) is 12.8 Å². The van der Waals surface area contributed by atoms with Crippen LogP contribution in [0.25, 0.3) is 0 Å². The highest BCUT2D eigenvalue weighted by Crippen LogP contribution is 2.43. The van der Waals surface area contributed by atoms with Gasteiger partial charge in [0, 0.05) is 19.6 Å². The molecule has 2 atom stereocenters. The predicted octanol–water partition coefficient (Wildman–Crippen LogP) is 21.1. The molecule has 0 aromatic carbocycles. The van der Waals surface area contributed by atoms with E-state index in [9.17, 15) is 14.3 Å². The smallest absolute Gasteiger partial charge is 0.457 e. The highest BCUT2D eigenvalue weighted by Gasteiger charge is 2.25. The van der Waals surface area contributed by atoms with Crippen LogP contribution in [0.2, 0.25) is 0 Å². The van der Waals surface area contributed by atoms with E-state index in [4.69, 9.17) is 24.3 Å². The average molecular weight is 1040 g/mol. The quantitative estimate of drug-likeness (QED) is 0.0351. The highest BCUT2D eigenvalue weighted by atomic mass is 31.2. The summed E-state index contributed by atoms with van der Waals surface area (Å²) in [5.74, 6) is -0.317. The van der Waals surface area contributed by atoms with Crippen LogP contribution in [-0.2, 0) is 27.9 Å². The van der Waals surface area contributed by atoms with Gasteiger partial charge in [-0.1, -0.05) is 341 Å². The first-order valence-corrected chi connectivity index (χ1v) is 34.0. The number of carbonyl (C=O) groups is 1. The Bertz CT molecular complexity index is 1080. The molecule has 0 aliphatic carbocycles. The summed E-state index contributed by atoms with van der Waals surface area (Å²) in [6, 6.07) is 0. The highest BCUT2D eigenvalue weighted by molar-refractivity contribution is 7.47. The van der Waals surface area contributed by atoms with E-state index in [0.29, 0.717) is 13.0 Å². The van der Waals surface area contributed by atoms with Crippen molar-refractivity contribution in [2.45, 2.75) is 367 Å². The lowest BCUT2D eigenvalue weighted by Gasteiger charge is -2.20. The second-order valence-electron chi connectivity index (χ2n) is 22.4. The molecule has 0 heterocycles. The first kappa shape index (κ1) is 71.5. The number of rotatable bonds is 64. The maximum Gasteiger partial charge on any atom is 0.472 e. The van der Waals surface area contributed by atoms with Crippen molar-refractivity contribution in [3.63, 3.8) is 0 Å². The zero-order chi connectivity index (χ0) is 52.2. The molecule has 432 valence electrons. The monoisotopic (exact) mass is 1040 g/mol. The minimum atomic E-state index is -4.28. The molecule has 0 aliphatic heterocycles. The summed E-state index contributed by atoms with van der Waals surface area (Å²) in [5.41, 5.74) is 5.41. The zero-order valence-corrected chi connectivity index (χ0v) is 49.6. The standard InChI is InChI=1S/C63H128NO7P/c1-3-5-7-9-11-13-15-17-19-21-23-25-26-27-28-29-30-31-32-33-34-35-36-37-38-40-42-44-46-48-50-52-54-56-63(65)71-62(61-70-72(66,67)69-59-57-64)60-68-58-55-53-51-49-47-45-43-41-39-24-22-20-18-16-14-12-10-8-6-4-2/h62H,3-61,64H2,1-2H3,(H,66,67)/t62-/m1/s1. The van der Waals surface area contributed by atoms with E-state index in [1.807, 2.05) is 0 Å². The molecule has 0 fully saturated rings. The van der Waals surface area contributed by atoms with Crippen molar-refractivity contribution in [1.29, 1.82) is 0 Å². The van der Waals surface area contributed by atoms with Crippen molar-refractivity contribution in [1.82, 2.24) is 0 Å². The Labute approximate surface area is 450 Å². The Hall–Kier alpha value is -0.500. The van der Waals surface area contributed by atoms with E-state index < -0.39 is 13.9 Å². The van der Waals surface area contributed by atoms with Crippen molar-refractivity contribution in [2.75, 3.05) is 33.0 Å². The Morgan fingerprint density at radius 2 is 0.611 bits per heavy atom. The van der Waals surface area contributed by atoms with Crippen molar-refractivity contribution in [3.05, 3.63) is 0 Å². The van der Waals surface area contributed by atoms with Crippen LogP contribution in [-0.4, -0.2) is 49.9 Å². The zero-order valence-electron chi connectivity index (χ0n) is 48.7. The first-order chi connectivity index (χ1) is 35.4. The molecule has 0 aromatic rings. The van der Waals surface area contributed by atoms with E-state index in [2.05, 4.69) is 13.8 Å². The number of hydrogen-bond acceptors (Lipinski definition) is 7. The van der Waals surface area contributed by atoms with Crippen LogP contribution in [0.15, 0.2) is 0 Å². The fraction of sp³-hybridized carbons (Fsp3) is 0.984. The maximum atomic E-state index is 12.7. The number of phosphoric acid groups is 1. The number of esters is 1. The summed E-state index contributed by atoms with van der Waals surface area (Å²) < 4.78 is 33.8. The normalized spacial score (nSPS) is 13.0. The van der Waals surface area contributed by atoms with E-state index in [1.165, 1.54) is 308 Å². The van der Waals surface area contributed by atoms with Gasteiger partial charge in [0.25, 0.3) is 0 Å². The van der Waals surface area contributed by atoms with Gasteiger partial charge < -0.3 is 20.1 Å². The van der Waals surface area contributed by atoms with Gasteiger partial charge in [-0.3, -0.25) is 13.8 Å². The van der Waals surface area contributed by atoms with Crippen LogP contribution in [0.3, 0.4) is 0 Å². The number of hydrogen-bond donors (Lipinski definition) is 2. The van der Waals surface area contributed by atoms with Crippen LogP contribution in [0.1, 0.15) is 361 Å². The van der Waals surface area contributed by atoms with Crippen molar-refractivity contribution in [2.24, 2.45) is 5.73 Å². The lowest BCUT2D eigenvalue weighted by molar-refractivity contribution is -0.154. The number of carbonyl (C=O) groups excluding carboxylic acids is 1. The van der Waals surface area contributed by atoms with E-state index in [0.717, 1.165) is 32.1 Å². The third-order valence-electron chi connectivity index (χ3n) is 15.0. The predicted molar refractivity (Wildman–Crippen MR) is 312 cm³/mol. The van der Waals surface area contributed by atoms with Crippen LogP contribution in [0, 0.1) is 0 Å². The van der Waals surface area contributed by atoms with Gasteiger partial charge in [0.2, 0.25) is 0 Å². The molecule has 0 radical (unpaired) electrons. The van der Waals surface area contributed by atoms with Gasteiger partial charge in [-0.15, -0.1) is 0 Å². The van der Waals surface area contributed by atoms with Crippen molar-refractivity contribution in [3.8, 4) is 0 Å². The molecule has 0 saturated carbocycles. The van der Waals surface area contributed by atoms with Crippen LogP contribution < -0.4 is 5.73 Å². The van der Waals surface area contributed by atoms with Crippen molar-refractivity contribution < 1.29 is 32.8 Å². The largest absolute Gasteiger partial charge is 0.472 e. The third-order valence-corrected chi connectivity index (χ3v) is 16.0. The van der Waals surface area contributed by atoms with Gasteiger partial charge in [0.1, 0.15) is 6.10 Å². The van der Waals surface area contributed by atoms with Crippen LogP contribution in [0.4, 0.5) is 0 Å². The molecule has 72 heavy (non-hydrogen) atoms. The fourth-order valence-corrected chi connectivity index (χ4v) is 11.0. The molecule has 0 aliphatic rings.